The van der Waals surface area contributed by atoms with Crippen molar-refractivity contribution in [2.75, 3.05) is 19.5 Å². The highest BCUT2D eigenvalue weighted by Gasteiger charge is 2.17. The summed E-state index contributed by atoms with van der Waals surface area (Å²) in [6.45, 7) is 6.57. The number of fused-ring (bicyclic) bond motifs is 1. The van der Waals surface area contributed by atoms with E-state index >= 15 is 0 Å². The largest absolute Gasteiger partial charge is 0.497 e. The second-order valence-electron chi connectivity index (χ2n) is 8.62. The molecule has 0 saturated carbocycles. The van der Waals surface area contributed by atoms with Crippen molar-refractivity contribution in [1.82, 2.24) is 24.7 Å². The van der Waals surface area contributed by atoms with Gasteiger partial charge in [0, 0.05) is 28.6 Å². The van der Waals surface area contributed by atoms with Gasteiger partial charge in [-0.15, -0.1) is 0 Å². The number of anilines is 1. The standard InChI is InChI=1S/C24H26N6O3/c1-24(2,3)23-26-12-18(13-27-23)29-22(31)17-8-16-11-28-30(21(16)25-10-17)14-15-6-7-19(32-4)9-20(15)33-5/h6-13H,14H2,1-5H3,(H,29,31). The van der Waals surface area contributed by atoms with Crippen LogP contribution in [0, 0.1) is 0 Å². The van der Waals surface area contributed by atoms with Crippen LogP contribution in [-0.2, 0) is 12.0 Å². The number of amides is 1. The SMILES string of the molecule is COc1ccc(Cn2ncc3cc(C(=O)Nc4cnc(C(C)(C)C)nc4)cnc32)c(OC)c1. The smallest absolute Gasteiger partial charge is 0.257 e. The van der Waals surface area contributed by atoms with E-state index in [0.29, 0.717) is 40.8 Å². The molecule has 3 heterocycles. The number of carbonyl (C=O) groups is 1. The van der Waals surface area contributed by atoms with Crippen molar-refractivity contribution in [3.8, 4) is 11.5 Å². The lowest BCUT2D eigenvalue weighted by Gasteiger charge is -2.16. The van der Waals surface area contributed by atoms with E-state index in [9.17, 15) is 4.79 Å². The maximum absolute atomic E-state index is 12.7. The molecule has 3 aromatic heterocycles. The van der Waals surface area contributed by atoms with E-state index in [0.717, 1.165) is 10.9 Å². The zero-order valence-electron chi connectivity index (χ0n) is 19.3. The molecule has 9 heteroatoms. The number of ether oxygens (including phenoxy) is 2. The molecule has 170 valence electrons. The van der Waals surface area contributed by atoms with Crippen LogP contribution in [-0.4, -0.2) is 44.9 Å². The van der Waals surface area contributed by atoms with Crippen molar-refractivity contribution in [3.05, 3.63) is 66.0 Å². The van der Waals surface area contributed by atoms with E-state index in [1.54, 1.807) is 43.6 Å². The third kappa shape index (κ3) is 4.77. The van der Waals surface area contributed by atoms with Crippen LogP contribution in [0.25, 0.3) is 11.0 Å². The van der Waals surface area contributed by atoms with Gasteiger partial charge in [-0.3, -0.25) is 4.79 Å². The number of methoxy groups -OCH3 is 2. The molecule has 0 aliphatic carbocycles. The summed E-state index contributed by atoms with van der Waals surface area (Å²) < 4.78 is 12.5. The summed E-state index contributed by atoms with van der Waals surface area (Å²) in [6.07, 6.45) is 6.44. The number of benzene rings is 1. The van der Waals surface area contributed by atoms with Gasteiger partial charge in [0.1, 0.15) is 17.3 Å². The van der Waals surface area contributed by atoms with Crippen LogP contribution in [0.2, 0.25) is 0 Å². The number of pyridine rings is 1. The molecule has 1 amide bonds. The predicted molar refractivity (Wildman–Crippen MR) is 125 cm³/mol. The first-order valence-corrected chi connectivity index (χ1v) is 10.4. The molecule has 4 rings (SSSR count). The van der Waals surface area contributed by atoms with E-state index < -0.39 is 0 Å². The van der Waals surface area contributed by atoms with Crippen molar-refractivity contribution in [2.45, 2.75) is 32.7 Å². The fourth-order valence-electron chi connectivity index (χ4n) is 3.34. The van der Waals surface area contributed by atoms with Gasteiger partial charge < -0.3 is 14.8 Å². The highest BCUT2D eigenvalue weighted by molar-refractivity contribution is 6.05. The molecular weight excluding hydrogens is 420 g/mol. The molecule has 0 unspecified atom stereocenters. The van der Waals surface area contributed by atoms with Gasteiger partial charge >= 0.3 is 0 Å². The van der Waals surface area contributed by atoms with Crippen molar-refractivity contribution >= 4 is 22.6 Å². The molecule has 1 N–H and O–H groups in total. The first kappa shape index (κ1) is 22.2. The second-order valence-corrected chi connectivity index (χ2v) is 8.62. The van der Waals surface area contributed by atoms with Crippen molar-refractivity contribution in [2.24, 2.45) is 0 Å². The maximum Gasteiger partial charge on any atom is 0.257 e. The Labute approximate surface area is 191 Å². The number of carbonyl (C=O) groups excluding carboxylic acids is 1. The van der Waals surface area contributed by atoms with E-state index in [1.807, 2.05) is 39.0 Å². The average molecular weight is 447 g/mol. The summed E-state index contributed by atoms with van der Waals surface area (Å²) in [5, 5.41) is 8.01. The van der Waals surface area contributed by atoms with Crippen LogP contribution in [0.1, 0.15) is 42.5 Å². The number of hydrogen-bond acceptors (Lipinski definition) is 7. The monoisotopic (exact) mass is 446 g/mol. The molecule has 0 radical (unpaired) electrons. The molecular formula is C24H26N6O3. The predicted octanol–water partition coefficient (Wildman–Crippen LogP) is 3.84. The Morgan fingerprint density at radius 3 is 2.42 bits per heavy atom. The highest BCUT2D eigenvalue weighted by atomic mass is 16.5. The van der Waals surface area contributed by atoms with E-state index in [-0.39, 0.29) is 11.3 Å². The highest BCUT2D eigenvalue weighted by Crippen LogP contribution is 2.26. The van der Waals surface area contributed by atoms with Gasteiger partial charge in [0.25, 0.3) is 5.91 Å². The molecule has 0 atom stereocenters. The Hall–Kier alpha value is -4.01. The third-order valence-corrected chi connectivity index (χ3v) is 5.13. The lowest BCUT2D eigenvalue weighted by Crippen LogP contribution is -2.17. The molecule has 0 bridgehead atoms. The first-order chi connectivity index (χ1) is 15.8. The van der Waals surface area contributed by atoms with Gasteiger partial charge in [-0.05, 0) is 18.2 Å². The van der Waals surface area contributed by atoms with Gasteiger partial charge in [-0.1, -0.05) is 20.8 Å². The zero-order chi connectivity index (χ0) is 23.6. The minimum atomic E-state index is -0.291. The van der Waals surface area contributed by atoms with Crippen LogP contribution in [0.4, 0.5) is 5.69 Å². The Morgan fingerprint density at radius 1 is 1.00 bits per heavy atom. The number of nitrogens with one attached hydrogen (secondary N) is 1. The van der Waals surface area contributed by atoms with E-state index in [1.165, 1.54) is 6.20 Å². The third-order valence-electron chi connectivity index (χ3n) is 5.13. The Bertz CT molecular complexity index is 1290. The molecule has 0 saturated heterocycles. The van der Waals surface area contributed by atoms with Gasteiger partial charge in [0.15, 0.2) is 5.65 Å². The summed E-state index contributed by atoms with van der Waals surface area (Å²) in [4.78, 5) is 25.9. The summed E-state index contributed by atoms with van der Waals surface area (Å²) in [7, 11) is 3.23. The summed E-state index contributed by atoms with van der Waals surface area (Å²) >= 11 is 0. The van der Waals surface area contributed by atoms with Crippen LogP contribution in [0.3, 0.4) is 0 Å². The molecule has 0 fully saturated rings. The van der Waals surface area contributed by atoms with Crippen molar-refractivity contribution < 1.29 is 14.3 Å². The lowest BCUT2D eigenvalue weighted by molar-refractivity contribution is 0.102. The molecule has 33 heavy (non-hydrogen) atoms. The molecule has 0 aliphatic heterocycles. The fourth-order valence-corrected chi connectivity index (χ4v) is 3.34. The van der Waals surface area contributed by atoms with E-state index in [2.05, 4.69) is 25.4 Å². The van der Waals surface area contributed by atoms with Crippen LogP contribution >= 0.6 is 0 Å². The average Bonchev–Trinajstić information content (AvgIpc) is 3.21. The molecule has 9 nitrogen and oxygen atoms in total. The minimum Gasteiger partial charge on any atom is -0.497 e. The fraction of sp³-hybridized carbons (Fsp3) is 0.292. The molecule has 0 spiro atoms. The Balaban J connectivity index is 1.52. The van der Waals surface area contributed by atoms with Crippen LogP contribution in [0.15, 0.2) is 49.1 Å². The number of rotatable bonds is 6. The maximum atomic E-state index is 12.7. The van der Waals surface area contributed by atoms with Gasteiger partial charge in [-0.2, -0.15) is 5.10 Å². The minimum absolute atomic E-state index is 0.159. The molecule has 4 aromatic rings. The Kier molecular flexibility index (Phi) is 5.95. The lowest BCUT2D eigenvalue weighted by atomic mass is 9.96. The first-order valence-electron chi connectivity index (χ1n) is 10.4. The zero-order valence-corrected chi connectivity index (χ0v) is 19.3. The molecule has 1 aromatic carbocycles. The number of hydrogen-bond donors (Lipinski definition) is 1. The van der Waals surface area contributed by atoms with E-state index in [4.69, 9.17) is 9.47 Å². The summed E-state index contributed by atoms with van der Waals surface area (Å²) in [6, 6.07) is 7.39. The second kappa shape index (κ2) is 8.85. The van der Waals surface area contributed by atoms with Crippen molar-refractivity contribution in [1.29, 1.82) is 0 Å². The van der Waals surface area contributed by atoms with Crippen LogP contribution in [0.5, 0.6) is 11.5 Å². The van der Waals surface area contributed by atoms with Crippen molar-refractivity contribution in [3.63, 3.8) is 0 Å². The summed E-state index contributed by atoms with van der Waals surface area (Å²) in [5.41, 5.74) is 2.39. The topological polar surface area (TPSA) is 104 Å². The quantitative estimate of drug-likeness (QED) is 0.480. The summed E-state index contributed by atoms with van der Waals surface area (Å²) in [5.74, 6) is 1.84. The normalized spacial score (nSPS) is 11.4. The Morgan fingerprint density at radius 2 is 1.76 bits per heavy atom. The van der Waals surface area contributed by atoms with Gasteiger partial charge in [0.05, 0.1) is 50.6 Å². The van der Waals surface area contributed by atoms with Crippen LogP contribution < -0.4 is 14.8 Å². The molecule has 0 aliphatic rings. The van der Waals surface area contributed by atoms with Gasteiger partial charge in [0.2, 0.25) is 0 Å². The van der Waals surface area contributed by atoms with Gasteiger partial charge in [-0.25, -0.2) is 19.6 Å². The number of nitrogens with zero attached hydrogens (tertiary/aromatic N) is 5. The number of aromatic nitrogens is 5.